The molecule has 3 unspecified atom stereocenters. The molecule has 0 amide bonds. The van der Waals surface area contributed by atoms with Crippen LogP contribution in [0.15, 0.2) is 150 Å². The van der Waals surface area contributed by atoms with Gasteiger partial charge in [-0.15, -0.1) is 0 Å². The van der Waals surface area contributed by atoms with Gasteiger partial charge in [-0.25, -0.2) is 29.8 Å². The predicted molar refractivity (Wildman–Crippen MR) is 246 cm³/mol. The van der Waals surface area contributed by atoms with Crippen LogP contribution in [0.2, 0.25) is 0 Å². The van der Waals surface area contributed by atoms with E-state index in [0.29, 0.717) is 34.1 Å². The maximum absolute atomic E-state index is 13.9. The van der Waals surface area contributed by atoms with Crippen LogP contribution in [0.25, 0.3) is 49.2 Å². The van der Waals surface area contributed by atoms with Crippen LogP contribution in [0.3, 0.4) is 0 Å². The molecule has 314 valence electrons. The third-order valence-electron chi connectivity index (χ3n) is 13.8. The molecule has 3 atom stereocenters. The Morgan fingerprint density at radius 2 is 1.34 bits per heavy atom. The van der Waals surface area contributed by atoms with Crippen molar-refractivity contribution < 1.29 is 16.8 Å². The third kappa shape index (κ3) is 6.75. The molecule has 0 N–H and O–H groups in total. The van der Waals surface area contributed by atoms with Crippen molar-refractivity contribution in [2.24, 2.45) is 0 Å². The summed E-state index contributed by atoms with van der Waals surface area (Å²) in [5.74, 6) is 0.348. The molecule has 0 saturated carbocycles. The zero-order chi connectivity index (χ0) is 42.0. The highest BCUT2D eigenvalue weighted by atomic mass is 32.2. The number of pyridine rings is 2. The van der Waals surface area contributed by atoms with E-state index in [1.54, 1.807) is 36.8 Å². The van der Waals surface area contributed by atoms with Crippen molar-refractivity contribution in [1.29, 1.82) is 0 Å². The van der Waals surface area contributed by atoms with Crippen molar-refractivity contribution in [1.82, 2.24) is 27.7 Å². The number of nitrogens with zero attached hydrogens (tertiary/aromatic N) is 6. The average molecular weight is 861 g/mol. The lowest BCUT2D eigenvalue weighted by Gasteiger charge is -2.34. The summed E-state index contributed by atoms with van der Waals surface area (Å²) in [6, 6.07) is 34.9. The molecule has 4 aliphatic heterocycles. The number of piperidine rings is 1. The standard InChI is InChI=1S/C25H25N3O2S.C25H23N3O2S/c29-31(30,24-11-3-7-18-6-1-2-9-21(18)24)28-17-22(25-23(28)10-4-13-26-25)19-12-15-27-14-5-8-20(27)16-19;29-31(30,22-10-9-18-5-1-2-6-19(18)16-22)28-17-24(23-8-3-12-26-25(23)28)20-11-14-27-13-4-7-21(27)15-20/h1-4,6-7,9-11,13,17,19-20H,5,8,12,14-16H2;1-3,5-6,8-12,16-17,21H,4,7,13-15H2. The molecule has 4 aliphatic rings. The zero-order valence-electron chi connectivity index (χ0n) is 34.4. The van der Waals surface area contributed by atoms with E-state index in [4.69, 9.17) is 0 Å². The Hall–Kier alpha value is -5.66. The third-order valence-corrected chi connectivity index (χ3v) is 17.2. The highest BCUT2D eigenvalue weighted by molar-refractivity contribution is 7.90. The fourth-order valence-electron chi connectivity index (χ4n) is 10.6. The van der Waals surface area contributed by atoms with Crippen LogP contribution >= 0.6 is 0 Å². The molecular weight excluding hydrogens is 813 g/mol. The molecule has 0 bridgehead atoms. The van der Waals surface area contributed by atoms with Gasteiger partial charge in [-0.3, -0.25) is 9.88 Å². The lowest BCUT2D eigenvalue weighted by molar-refractivity contribution is 0.181. The van der Waals surface area contributed by atoms with Gasteiger partial charge in [0, 0.05) is 65.3 Å². The maximum Gasteiger partial charge on any atom is 0.269 e. The molecule has 4 aromatic heterocycles. The quantitative estimate of drug-likeness (QED) is 0.163. The summed E-state index contributed by atoms with van der Waals surface area (Å²) in [7, 11) is -7.54. The number of fused-ring (bicyclic) bond motifs is 6. The van der Waals surface area contributed by atoms with Crippen molar-refractivity contribution in [3.8, 4) is 0 Å². The smallest absolute Gasteiger partial charge is 0.269 e. The summed E-state index contributed by atoms with van der Waals surface area (Å²) >= 11 is 0. The van der Waals surface area contributed by atoms with Gasteiger partial charge in [0.1, 0.15) is 0 Å². The van der Waals surface area contributed by atoms with Crippen LogP contribution in [0.5, 0.6) is 0 Å². The van der Waals surface area contributed by atoms with Crippen molar-refractivity contribution in [3.63, 3.8) is 0 Å². The Kier molecular flexibility index (Phi) is 9.87. The first-order valence-corrected chi connectivity index (χ1v) is 24.7. The number of rotatable bonds is 6. The number of hydrogen-bond donors (Lipinski definition) is 0. The van der Waals surface area contributed by atoms with E-state index < -0.39 is 20.0 Å². The van der Waals surface area contributed by atoms with E-state index in [1.807, 2.05) is 97.2 Å². The molecule has 8 heterocycles. The minimum Gasteiger partial charge on any atom is -0.300 e. The minimum absolute atomic E-state index is 0.278. The topological polar surface area (TPSA) is 110 Å². The molecule has 12 heteroatoms. The second-order valence-corrected chi connectivity index (χ2v) is 20.8. The first-order chi connectivity index (χ1) is 30.2. The van der Waals surface area contributed by atoms with Crippen LogP contribution in [0.1, 0.15) is 62.0 Å². The molecule has 3 fully saturated rings. The molecule has 0 aliphatic carbocycles. The van der Waals surface area contributed by atoms with Gasteiger partial charge in [-0.05, 0) is 135 Å². The highest BCUT2D eigenvalue weighted by Gasteiger charge is 2.35. The molecule has 4 aromatic carbocycles. The molecule has 62 heavy (non-hydrogen) atoms. The van der Waals surface area contributed by atoms with Crippen LogP contribution in [-0.4, -0.2) is 82.8 Å². The summed E-state index contributed by atoms with van der Waals surface area (Å²) in [4.78, 5) is 14.8. The number of aromatic nitrogens is 4. The van der Waals surface area contributed by atoms with E-state index in [1.165, 1.54) is 45.7 Å². The lowest BCUT2D eigenvalue weighted by Crippen LogP contribution is -2.37. The number of hydrogen-bond acceptors (Lipinski definition) is 8. The first-order valence-electron chi connectivity index (χ1n) is 21.8. The Balaban J connectivity index is 0.000000139. The van der Waals surface area contributed by atoms with Gasteiger partial charge in [-0.1, -0.05) is 72.8 Å². The van der Waals surface area contributed by atoms with E-state index >= 15 is 0 Å². The molecule has 8 aromatic rings. The van der Waals surface area contributed by atoms with E-state index in [-0.39, 0.29) is 4.90 Å². The lowest BCUT2D eigenvalue weighted by atomic mass is 9.86. The van der Waals surface area contributed by atoms with Crippen molar-refractivity contribution >= 4 is 69.2 Å². The van der Waals surface area contributed by atoms with Crippen molar-refractivity contribution in [3.05, 3.63) is 151 Å². The average Bonchev–Trinajstić information content (AvgIpc) is 4.14. The Labute approximate surface area is 362 Å². The van der Waals surface area contributed by atoms with Crippen molar-refractivity contribution in [2.45, 2.75) is 72.7 Å². The summed E-state index contributed by atoms with van der Waals surface area (Å²) < 4.78 is 57.9. The maximum atomic E-state index is 13.9. The summed E-state index contributed by atoms with van der Waals surface area (Å²) in [5, 5.41) is 4.49. The van der Waals surface area contributed by atoms with E-state index in [2.05, 4.69) is 25.8 Å². The monoisotopic (exact) mass is 860 g/mol. The number of benzene rings is 4. The summed E-state index contributed by atoms with van der Waals surface area (Å²) in [5.41, 5.74) is 5.26. The molecule has 3 saturated heterocycles. The van der Waals surface area contributed by atoms with Gasteiger partial charge >= 0.3 is 0 Å². The van der Waals surface area contributed by atoms with Gasteiger partial charge in [0.2, 0.25) is 0 Å². The Morgan fingerprint density at radius 3 is 2.23 bits per heavy atom. The Morgan fingerprint density at radius 1 is 0.597 bits per heavy atom. The fourth-order valence-corrected chi connectivity index (χ4v) is 13.6. The minimum atomic E-state index is -3.78. The second kappa shape index (κ2) is 15.6. The van der Waals surface area contributed by atoms with E-state index in [9.17, 15) is 16.8 Å². The SMILES string of the molecule is O=S(=O)(c1ccc2ccccc2c1)n1cc(C2=CCN3CCCC3C2)c2cccnc21.O=S(=O)(c1cccc2ccccc12)n1cc(C2CCN3CCCC3C2)c2ncccc21. The molecule has 0 radical (unpaired) electrons. The zero-order valence-corrected chi connectivity index (χ0v) is 36.1. The van der Waals surface area contributed by atoms with Gasteiger partial charge in [0.05, 0.1) is 20.8 Å². The Bertz CT molecular complexity index is 3280. The van der Waals surface area contributed by atoms with Gasteiger partial charge in [0.25, 0.3) is 20.0 Å². The highest BCUT2D eigenvalue weighted by Crippen LogP contribution is 2.41. The van der Waals surface area contributed by atoms with Crippen LogP contribution in [-0.2, 0) is 20.0 Å². The second-order valence-electron chi connectivity index (χ2n) is 17.2. The summed E-state index contributed by atoms with van der Waals surface area (Å²) in [6.07, 6.45) is 17.4. The van der Waals surface area contributed by atoms with Gasteiger partial charge < -0.3 is 4.90 Å². The molecule has 0 spiro atoms. The van der Waals surface area contributed by atoms with E-state index in [0.717, 1.165) is 82.5 Å². The normalized spacial score (nSPS) is 20.9. The predicted octanol–water partition coefficient (Wildman–Crippen LogP) is 9.45. The fraction of sp³-hybridized carbons (Fsp3) is 0.280. The molecule has 12 rings (SSSR count). The first kappa shape index (κ1) is 39.2. The van der Waals surface area contributed by atoms with Crippen LogP contribution < -0.4 is 0 Å². The van der Waals surface area contributed by atoms with Crippen LogP contribution in [0, 0.1) is 0 Å². The van der Waals surface area contributed by atoms with Gasteiger partial charge in [-0.2, -0.15) is 0 Å². The van der Waals surface area contributed by atoms with Crippen molar-refractivity contribution in [2.75, 3.05) is 26.2 Å². The molecular formula is C50H48N6O4S2. The summed E-state index contributed by atoms with van der Waals surface area (Å²) in [6.45, 7) is 4.39. The largest absolute Gasteiger partial charge is 0.300 e. The van der Waals surface area contributed by atoms with Gasteiger partial charge in [0.15, 0.2) is 5.65 Å². The molecule has 10 nitrogen and oxygen atoms in total. The van der Waals surface area contributed by atoms with Crippen LogP contribution in [0.4, 0.5) is 0 Å².